The van der Waals surface area contributed by atoms with Gasteiger partial charge < -0.3 is 10.2 Å². The Hall–Kier alpha value is -0.340. The van der Waals surface area contributed by atoms with E-state index in [1.807, 2.05) is 0 Å². The first-order chi connectivity index (χ1) is 14.7. The second-order valence-electron chi connectivity index (χ2n) is 14.4. The van der Waals surface area contributed by atoms with Crippen molar-refractivity contribution >= 4 is 0 Å². The van der Waals surface area contributed by atoms with Gasteiger partial charge in [0.05, 0.1) is 11.7 Å². The minimum absolute atomic E-state index is 0.0267. The van der Waals surface area contributed by atoms with Crippen LogP contribution in [0.3, 0.4) is 0 Å². The Labute approximate surface area is 198 Å². The zero-order valence-electron chi connectivity index (χ0n) is 22.4. The molecule has 9 atom stereocenters. The van der Waals surface area contributed by atoms with Crippen LogP contribution in [0, 0.1) is 45.3 Å². The lowest BCUT2D eigenvalue weighted by Crippen LogP contribution is -2.64. The van der Waals surface area contributed by atoms with E-state index in [2.05, 4.69) is 61.5 Å². The van der Waals surface area contributed by atoms with Crippen LogP contribution in [0.1, 0.15) is 120 Å². The van der Waals surface area contributed by atoms with E-state index >= 15 is 0 Å². The van der Waals surface area contributed by atoms with Gasteiger partial charge in [0, 0.05) is 0 Å². The molecule has 184 valence electrons. The lowest BCUT2D eigenvalue weighted by atomic mass is 9.35. The fourth-order valence-corrected chi connectivity index (χ4v) is 10.3. The van der Waals surface area contributed by atoms with Crippen molar-refractivity contribution in [3.63, 3.8) is 0 Å². The molecule has 4 aliphatic carbocycles. The maximum absolute atomic E-state index is 11.6. The molecule has 0 aromatic heterocycles. The molecule has 4 saturated carbocycles. The van der Waals surface area contributed by atoms with Gasteiger partial charge in [0.2, 0.25) is 0 Å². The topological polar surface area (TPSA) is 40.5 Å². The predicted molar refractivity (Wildman–Crippen MR) is 134 cm³/mol. The van der Waals surface area contributed by atoms with Gasteiger partial charge in [-0.2, -0.15) is 0 Å². The fraction of sp³-hybridized carbons (Fsp3) is 0.933. The summed E-state index contributed by atoms with van der Waals surface area (Å²) in [5.41, 5.74) is 1.84. The van der Waals surface area contributed by atoms with Crippen LogP contribution in [-0.4, -0.2) is 21.9 Å². The summed E-state index contributed by atoms with van der Waals surface area (Å²) in [6.07, 6.45) is 13.8. The number of fused-ring (bicyclic) bond motifs is 5. The van der Waals surface area contributed by atoms with Gasteiger partial charge in [-0.1, -0.05) is 46.3 Å². The summed E-state index contributed by atoms with van der Waals surface area (Å²) in [5, 5.41) is 22.5. The highest BCUT2D eigenvalue weighted by molar-refractivity contribution is 5.18. The Balaban J connectivity index is 1.61. The zero-order chi connectivity index (χ0) is 23.7. The van der Waals surface area contributed by atoms with Crippen molar-refractivity contribution in [1.82, 2.24) is 0 Å². The van der Waals surface area contributed by atoms with Gasteiger partial charge in [-0.25, -0.2) is 0 Å². The minimum atomic E-state index is -0.560. The van der Waals surface area contributed by atoms with Crippen molar-refractivity contribution in [2.45, 2.75) is 131 Å². The van der Waals surface area contributed by atoms with Crippen LogP contribution in [0.5, 0.6) is 0 Å². The fourth-order valence-electron chi connectivity index (χ4n) is 10.3. The van der Waals surface area contributed by atoms with E-state index < -0.39 is 5.60 Å². The van der Waals surface area contributed by atoms with Crippen molar-refractivity contribution in [2.75, 3.05) is 0 Å². The Bertz CT molecular complexity index is 746. The second-order valence-corrected chi connectivity index (χ2v) is 14.4. The van der Waals surface area contributed by atoms with Crippen LogP contribution >= 0.6 is 0 Å². The Morgan fingerprint density at radius 1 is 0.875 bits per heavy atom. The maximum atomic E-state index is 11.6. The van der Waals surface area contributed by atoms with Gasteiger partial charge in [-0.05, 0) is 130 Å². The molecule has 4 rings (SSSR count). The highest BCUT2D eigenvalue weighted by Crippen LogP contribution is 2.75. The molecule has 2 nitrogen and oxygen atoms in total. The molecule has 0 bridgehead atoms. The molecular weight excluding hydrogens is 392 g/mol. The second kappa shape index (κ2) is 7.84. The molecule has 0 aliphatic heterocycles. The molecule has 0 spiro atoms. The van der Waals surface area contributed by atoms with E-state index in [0.29, 0.717) is 34.0 Å². The molecule has 32 heavy (non-hydrogen) atoms. The number of rotatable bonds is 4. The van der Waals surface area contributed by atoms with Crippen LogP contribution in [0.4, 0.5) is 0 Å². The number of aliphatic hydroxyl groups is 2. The highest BCUT2D eigenvalue weighted by atomic mass is 16.3. The monoisotopic (exact) mass is 444 g/mol. The minimum Gasteiger partial charge on any atom is -0.393 e. The average Bonchev–Trinajstić information content (AvgIpc) is 3.04. The molecule has 2 heteroatoms. The third-order valence-electron chi connectivity index (χ3n) is 12.4. The van der Waals surface area contributed by atoms with Crippen molar-refractivity contribution in [3.8, 4) is 0 Å². The number of allylic oxidation sites excluding steroid dienone is 2. The third-order valence-corrected chi connectivity index (χ3v) is 12.4. The summed E-state index contributed by atoms with van der Waals surface area (Å²) < 4.78 is 0. The van der Waals surface area contributed by atoms with E-state index in [1.165, 1.54) is 50.5 Å². The van der Waals surface area contributed by atoms with Crippen LogP contribution in [0.15, 0.2) is 11.6 Å². The summed E-state index contributed by atoms with van der Waals surface area (Å²) in [6, 6.07) is 0. The SMILES string of the molecule is CC(C)=CCC[C@](C)(O)[C@H]1CC[C@@]2(C)[C@@H]1CC[C@@H]1[C@]3(C)CC[C@@H](O)C(C)(C)[C@H]3CC[C@@]12C. The Morgan fingerprint density at radius 2 is 1.53 bits per heavy atom. The molecule has 0 aromatic rings. The molecular formula is C30H52O2. The van der Waals surface area contributed by atoms with Gasteiger partial charge in [0.1, 0.15) is 0 Å². The van der Waals surface area contributed by atoms with E-state index in [1.54, 1.807) is 0 Å². The standard InChI is InChI=1S/C30H52O2/c1-20(2)10-9-16-30(8,32)22-13-18-28(6)21(22)11-12-24-27(5)17-15-25(31)26(3,4)23(27)14-19-29(24,28)7/h10,21-25,31-32H,9,11-19H2,1-8H3/t21-,22+,23-,24-,25-,27-,28+,29+,30+/m1/s1. The smallest absolute Gasteiger partial charge is 0.0653 e. The van der Waals surface area contributed by atoms with Crippen molar-refractivity contribution < 1.29 is 10.2 Å². The summed E-state index contributed by atoms with van der Waals surface area (Å²) >= 11 is 0. The number of hydrogen-bond donors (Lipinski definition) is 2. The van der Waals surface area contributed by atoms with Gasteiger partial charge in [-0.15, -0.1) is 0 Å². The lowest BCUT2D eigenvalue weighted by molar-refractivity contribution is -0.225. The van der Waals surface area contributed by atoms with E-state index in [9.17, 15) is 10.2 Å². The third kappa shape index (κ3) is 3.40. The molecule has 0 unspecified atom stereocenters. The molecule has 4 fully saturated rings. The molecule has 0 saturated heterocycles. The quantitative estimate of drug-likeness (QED) is 0.440. The zero-order valence-corrected chi connectivity index (χ0v) is 22.4. The van der Waals surface area contributed by atoms with Crippen LogP contribution < -0.4 is 0 Å². The largest absolute Gasteiger partial charge is 0.393 e. The summed E-state index contributed by atoms with van der Waals surface area (Å²) in [4.78, 5) is 0. The van der Waals surface area contributed by atoms with Gasteiger partial charge in [0.25, 0.3) is 0 Å². The summed E-state index contributed by atoms with van der Waals surface area (Å²) in [5.74, 6) is 2.45. The van der Waals surface area contributed by atoms with Crippen molar-refractivity contribution in [1.29, 1.82) is 0 Å². The molecule has 0 heterocycles. The average molecular weight is 445 g/mol. The van der Waals surface area contributed by atoms with E-state index in [4.69, 9.17) is 0 Å². The summed E-state index contributed by atoms with van der Waals surface area (Å²) in [6.45, 7) is 19.0. The molecule has 0 amide bonds. The number of aliphatic hydroxyl groups excluding tert-OH is 1. The predicted octanol–water partition coefficient (Wildman–Crippen LogP) is 7.53. The van der Waals surface area contributed by atoms with Gasteiger partial charge >= 0.3 is 0 Å². The van der Waals surface area contributed by atoms with Crippen LogP contribution in [0.25, 0.3) is 0 Å². The normalized spacial score (nSPS) is 49.4. The van der Waals surface area contributed by atoms with E-state index in [0.717, 1.165) is 25.2 Å². The molecule has 0 radical (unpaired) electrons. The Morgan fingerprint density at radius 3 is 2.19 bits per heavy atom. The lowest BCUT2D eigenvalue weighted by Gasteiger charge is -2.70. The first-order valence-corrected chi connectivity index (χ1v) is 13.7. The van der Waals surface area contributed by atoms with Gasteiger partial charge in [-0.3, -0.25) is 0 Å². The van der Waals surface area contributed by atoms with Crippen molar-refractivity contribution in [3.05, 3.63) is 11.6 Å². The van der Waals surface area contributed by atoms with E-state index in [-0.39, 0.29) is 11.5 Å². The molecule has 2 N–H and O–H groups in total. The highest BCUT2D eigenvalue weighted by Gasteiger charge is 2.69. The molecule has 0 aromatic carbocycles. The first kappa shape index (κ1) is 24.8. The summed E-state index contributed by atoms with van der Waals surface area (Å²) in [7, 11) is 0. The van der Waals surface area contributed by atoms with Crippen LogP contribution in [0.2, 0.25) is 0 Å². The number of hydrogen-bond acceptors (Lipinski definition) is 2. The Kier molecular flexibility index (Phi) is 6.07. The van der Waals surface area contributed by atoms with Gasteiger partial charge in [0.15, 0.2) is 0 Å². The maximum Gasteiger partial charge on any atom is 0.0653 e. The van der Waals surface area contributed by atoms with Crippen LogP contribution in [-0.2, 0) is 0 Å². The van der Waals surface area contributed by atoms with Crippen molar-refractivity contribution in [2.24, 2.45) is 45.3 Å². The first-order valence-electron chi connectivity index (χ1n) is 13.7. The molecule has 4 aliphatic rings.